The molecule has 1 aliphatic rings. The monoisotopic (exact) mass is 533 g/mol. The molecular formula is C25H29N2O7S2+. The predicted molar refractivity (Wildman–Crippen MR) is 139 cm³/mol. The Morgan fingerprint density at radius 1 is 0.833 bits per heavy atom. The van der Waals surface area contributed by atoms with Gasteiger partial charge in [0.1, 0.15) is 28.6 Å². The quantitative estimate of drug-likeness (QED) is 0.297. The van der Waals surface area contributed by atoms with Crippen molar-refractivity contribution in [1.82, 2.24) is 0 Å². The van der Waals surface area contributed by atoms with Gasteiger partial charge in [-0.15, -0.1) is 0 Å². The summed E-state index contributed by atoms with van der Waals surface area (Å²) in [5.74, 6) is -0.860. The molecule has 0 spiro atoms. The lowest BCUT2D eigenvalue weighted by atomic mass is 9.90. The maximum absolute atomic E-state index is 12.3. The first kappa shape index (κ1) is 27.3. The van der Waals surface area contributed by atoms with Crippen molar-refractivity contribution in [3.05, 3.63) is 77.4 Å². The Kier molecular flexibility index (Phi) is 8.19. The van der Waals surface area contributed by atoms with Crippen LogP contribution in [-0.2, 0) is 20.2 Å². The van der Waals surface area contributed by atoms with Gasteiger partial charge in [0.05, 0.1) is 0 Å². The first-order chi connectivity index (χ1) is 16.9. The Labute approximate surface area is 211 Å². The standard InChI is InChI=1S/C25H28N2O7S2/c1-4-26-19-11-7-17(8-12-19)25(18-9-13-20(14-10-18)27(5-2)6-3)21-15-22(28)24(36(32,33)34)16-23(21)35(29,30)31/h7-16H,4-6H2,1-3H3,(H3,28,29,30,31,32,33,34)/p+1. The van der Waals surface area contributed by atoms with Crippen molar-refractivity contribution < 1.29 is 35.6 Å². The Bertz CT molecular complexity index is 1480. The molecule has 0 radical (unpaired) electrons. The number of aromatic hydroxyl groups is 1. The normalized spacial score (nSPS) is 13.7. The predicted octanol–water partition coefficient (Wildman–Crippen LogP) is 3.74. The van der Waals surface area contributed by atoms with Gasteiger partial charge in [0.2, 0.25) is 0 Å². The number of anilines is 1. The van der Waals surface area contributed by atoms with Gasteiger partial charge in [-0.3, -0.25) is 9.11 Å². The van der Waals surface area contributed by atoms with Crippen molar-refractivity contribution in [2.45, 2.75) is 30.6 Å². The van der Waals surface area contributed by atoms with E-state index in [4.69, 9.17) is 0 Å². The van der Waals surface area contributed by atoms with E-state index in [1.54, 1.807) is 36.4 Å². The molecular weight excluding hydrogens is 504 g/mol. The van der Waals surface area contributed by atoms with Crippen molar-refractivity contribution in [3.8, 4) is 5.75 Å². The minimum atomic E-state index is -4.97. The van der Waals surface area contributed by atoms with Gasteiger partial charge in [-0.1, -0.05) is 12.1 Å². The summed E-state index contributed by atoms with van der Waals surface area (Å²) in [4.78, 5) is -1.80. The molecule has 1 aliphatic carbocycles. The summed E-state index contributed by atoms with van der Waals surface area (Å²) in [5, 5.41) is 13.6. The van der Waals surface area contributed by atoms with Crippen LogP contribution < -0.4 is 5.32 Å². The van der Waals surface area contributed by atoms with E-state index in [9.17, 15) is 31.0 Å². The van der Waals surface area contributed by atoms with Crippen LogP contribution in [0.15, 0.2) is 76.1 Å². The molecule has 0 heterocycles. The maximum Gasteiger partial charge on any atom is 0.298 e. The topological polar surface area (TPSA) is 144 Å². The third-order valence-electron chi connectivity index (χ3n) is 5.73. The molecule has 0 aliphatic heterocycles. The highest BCUT2D eigenvalue weighted by atomic mass is 32.2. The van der Waals surface area contributed by atoms with E-state index in [0.717, 1.165) is 30.6 Å². The second kappa shape index (κ2) is 10.8. The highest BCUT2D eigenvalue weighted by molar-refractivity contribution is 7.86. The number of nitrogens with zero attached hydrogens (tertiary/aromatic N) is 1. The number of phenolic OH excluding ortho intramolecular Hbond substituents is 1. The summed E-state index contributed by atoms with van der Waals surface area (Å²) in [6, 6.07) is 8.54. The summed E-state index contributed by atoms with van der Waals surface area (Å²) in [5.41, 5.74) is 3.09. The van der Waals surface area contributed by atoms with Crippen LogP contribution in [-0.4, -0.2) is 61.0 Å². The number of benzene rings is 2. The zero-order chi connectivity index (χ0) is 26.7. The molecule has 9 nitrogen and oxygen atoms in total. The number of hydrogen-bond donors (Lipinski definition) is 4. The fourth-order valence-electron chi connectivity index (χ4n) is 4.03. The Morgan fingerprint density at radius 3 is 1.86 bits per heavy atom. The number of rotatable bonds is 8. The third kappa shape index (κ3) is 5.93. The van der Waals surface area contributed by atoms with Crippen LogP contribution in [0.2, 0.25) is 0 Å². The first-order valence-corrected chi connectivity index (χ1v) is 14.2. The zero-order valence-electron chi connectivity index (χ0n) is 20.1. The molecule has 3 rings (SSSR count). The highest BCUT2D eigenvalue weighted by Gasteiger charge is 2.27. The van der Waals surface area contributed by atoms with Crippen LogP contribution in [0, 0.1) is 0 Å². The van der Waals surface area contributed by atoms with Crippen LogP contribution >= 0.6 is 0 Å². The number of phenols is 1. The number of allylic oxidation sites excluding steroid dienone is 5. The molecule has 0 saturated heterocycles. The third-order valence-corrected chi connectivity index (χ3v) is 7.50. The lowest BCUT2D eigenvalue weighted by Gasteiger charge is -2.18. The molecule has 0 bridgehead atoms. The van der Waals surface area contributed by atoms with Crippen LogP contribution in [0.3, 0.4) is 0 Å². The summed E-state index contributed by atoms with van der Waals surface area (Å²) >= 11 is 0. The van der Waals surface area contributed by atoms with E-state index < -0.39 is 35.8 Å². The molecule has 0 saturated carbocycles. The molecule has 0 atom stereocenters. The molecule has 2 aromatic rings. The minimum Gasteiger partial charge on any atom is -0.506 e. The Morgan fingerprint density at radius 2 is 1.39 bits per heavy atom. The van der Waals surface area contributed by atoms with Crippen LogP contribution in [0.25, 0.3) is 5.57 Å². The van der Waals surface area contributed by atoms with Crippen LogP contribution in [0.1, 0.15) is 31.9 Å². The fraction of sp³-hybridized carbons (Fsp3) is 0.240. The van der Waals surface area contributed by atoms with E-state index >= 15 is 0 Å². The Balaban J connectivity index is 2.38. The number of nitrogens with one attached hydrogen (secondary N) is 1. The van der Waals surface area contributed by atoms with Crippen molar-refractivity contribution in [1.29, 1.82) is 0 Å². The van der Waals surface area contributed by atoms with Gasteiger partial charge in [0.15, 0.2) is 5.71 Å². The maximum atomic E-state index is 12.3. The SMILES string of the molecule is CCNc1ccc(C(=C2C=CC(=[N+](CC)CC)C=C2)c2cc(O)c(S(=O)(=O)O)cc2S(=O)(=O)O)cc1. The van der Waals surface area contributed by atoms with Gasteiger partial charge in [-0.25, -0.2) is 4.58 Å². The minimum absolute atomic E-state index is 0.130. The summed E-state index contributed by atoms with van der Waals surface area (Å²) in [6.07, 6.45) is 7.30. The van der Waals surface area contributed by atoms with Crippen LogP contribution in [0.4, 0.5) is 5.69 Å². The van der Waals surface area contributed by atoms with E-state index in [2.05, 4.69) is 9.89 Å². The van der Waals surface area contributed by atoms with E-state index in [1.807, 2.05) is 32.9 Å². The van der Waals surface area contributed by atoms with Gasteiger partial charge >= 0.3 is 0 Å². The van der Waals surface area contributed by atoms with Crippen molar-refractivity contribution in [2.75, 3.05) is 25.0 Å². The van der Waals surface area contributed by atoms with Crippen molar-refractivity contribution in [2.24, 2.45) is 0 Å². The first-order valence-electron chi connectivity index (χ1n) is 11.3. The van der Waals surface area contributed by atoms with Crippen LogP contribution in [0.5, 0.6) is 5.75 Å². The smallest absolute Gasteiger partial charge is 0.298 e. The van der Waals surface area contributed by atoms with Crippen molar-refractivity contribution >= 4 is 37.2 Å². The summed E-state index contributed by atoms with van der Waals surface area (Å²) in [7, 11) is -9.94. The average molecular weight is 534 g/mol. The second-order valence-corrected chi connectivity index (χ2v) is 10.7. The van der Waals surface area contributed by atoms with Gasteiger partial charge < -0.3 is 10.4 Å². The lowest BCUT2D eigenvalue weighted by Crippen LogP contribution is -2.19. The molecule has 192 valence electrons. The average Bonchev–Trinajstić information content (AvgIpc) is 2.81. The molecule has 11 heteroatoms. The molecule has 0 unspecified atom stereocenters. The van der Waals surface area contributed by atoms with Gasteiger partial charge in [0.25, 0.3) is 20.2 Å². The molecule has 4 N–H and O–H groups in total. The number of hydrogen-bond acceptors (Lipinski definition) is 6. The molecule has 36 heavy (non-hydrogen) atoms. The second-order valence-electron chi connectivity index (χ2n) is 7.97. The van der Waals surface area contributed by atoms with Gasteiger partial charge in [0, 0.05) is 29.9 Å². The molecule has 0 fully saturated rings. The van der Waals surface area contributed by atoms with E-state index in [0.29, 0.717) is 29.3 Å². The van der Waals surface area contributed by atoms with Gasteiger partial charge in [-0.05, 0) is 73.9 Å². The van der Waals surface area contributed by atoms with Crippen molar-refractivity contribution in [3.63, 3.8) is 0 Å². The molecule has 0 amide bonds. The molecule has 0 aromatic heterocycles. The largest absolute Gasteiger partial charge is 0.506 e. The summed E-state index contributed by atoms with van der Waals surface area (Å²) < 4.78 is 69.7. The Hall–Kier alpha value is -3.25. The summed E-state index contributed by atoms with van der Waals surface area (Å²) in [6.45, 7) is 8.27. The zero-order valence-corrected chi connectivity index (χ0v) is 21.8. The highest BCUT2D eigenvalue weighted by Crippen LogP contribution is 2.38. The fourth-order valence-corrected chi connectivity index (χ4v) is 5.40. The molecule has 2 aromatic carbocycles. The van der Waals surface area contributed by atoms with Gasteiger partial charge in [-0.2, -0.15) is 16.8 Å². The lowest BCUT2D eigenvalue weighted by molar-refractivity contribution is -0.519. The van der Waals surface area contributed by atoms with E-state index in [-0.39, 0.29) is 5.56 Å². The van der Waals surface area contributed by atoms with E-state index in [1.165, 1.54) is 0 Å².